The average Bonchev–Trinajstić information content (AvgIpc) is 3.19. The quantitative estimate of drug-likeness (QED) is 0.0427. The molecule has 1 amide bonds. The molecule has 4 heteroatoms. The Balaban J connectivity index is 3.48. The second-order valence-corrected chi connectivity index (χ2v) is 16.5. The monoisotopic (exact) mass is 770 g/mol. The molecule has 2 unspecified atom stereocenters. The zero-order valence-electron chi connectivity index (χ0n) is 36.9. The van der Waals surface area contributed by atoms with Crippen LogP contribution in [0.1, 0.15) is 251 Å². The Morgan fingerprint density at radius 1 is 0.455 bits per heavy atom. The number of carbonyl (C=O) groups is 1. The molecule has 0 radical (unpaired) electrons. The van der Waals surface area contributed by atoms with Gasteiger partial charge in [-0.3, -0.25) is 4.79 Å². The van der Waals surface area contributed by atoms with E-state index in [0.29, 0.717) is 6.42 Å². The molecule has 0 saturated carbocycles. The third-order valence-electron chi connectivity index (χ3n) is 11.1. The van der Waals surface area contributed by atoms with E-state index in [2.05, 4.69) is 55.6 Å². The third-order valence-corrected chi connectivity index (χ3v) is 11.1. The third kappa shape index (κ3) is 43.3. The van der Waals surface area contributed by atoms with Crippen LogP contribution in [0.25, 0.3) is 0 Å². The van der Waals surface area contributed by atoms with E-state index in [4.69, 9.17) is 0 Å². The lowest BCUT2D eigenvalue weighted by Gasteiger charge is -2.19. The number of rotatable bonds is 44. The van der Waals surface area contributed by atoms with Gasteiger partial charge in [-0.1, -0.05) is 242 Å². The molecule has 322 valence electrons. The van der Waals surface area contributed by atoms with Crippen molar-refractivity contribution in [2.75, 3.05) is 6.61 Å². The molecule has 0 heterocycles. The summed E-state index contributed by atoms with van der Waals surface area (Å²) >= 11 is 0. The van der Waals surface area contributed by atoms with Crippen LogP contribution < -0.4 is 5.32 Å². The van der Waals surface area contributed by atoms with Crippen molar-refractivity contribution in [3.63, 3.8) is 0 Å². The number of aliphatic hydroxyl groups is 2. The number of unbranched alkanes of at least 4 members (excludes halogenated alkanes) is 31. The number of nitrogens with one attached hydrogen (secondary N) is 1. The second kappa shape index (κ2) is 46.7. The van der Waals surface area contributed by atoms with Gasteiger partial charge in [-0.2, -0.15) is 0 Å². The van der Waals surface area contributed by atoms with Gasteiger partial charge < -0.3 is 15.5 Å². The van der Waals surface area contributed by atoms with Crippen LogP contribution >= 0.6 is 0 Å². The molecule has 0 aliphatic carbocycles. The Kier molecular flexibility index (Phi) is 45.3. The van der Waals surface area contributed by atoms with Crippen molar-refractivity contribution in [1.82, 2.24) is 5.32 Å². The van der Waals surface area contributed by atoms with Crippen LogP contribution in [0.2, 0.25) is 0 Å². The summed E-state index contributed by atoms with van der Waals surface area (Å²) in [6, 6.07) is -0.638. The maximum Gasteiger partial charge on any atom is 0.220 e. The fourth-order valence-electron chi connectivity index (χ4n) is 7.37. The summed E-state index contributed by atoms with van der Waals surface area (Å²) in [5, 5.41) is 23.0. The summed E-state index contributed by atoms with van der Waals surface area (Å²) in [7, 11) is 0. The Morgan fingerprint density at radius 2 is 0.800 bits per heavy atom. The molecule has 0 aliphatic rings. The molecule has 0 aromatic rings. The van der Waals surface area contributed by atoms with Gasteiger partial charge in [0.2, 0.25) is 5.91 Å². The Labute approximate surface area is 344 Å². The zero-order chi connectivity index (χ0) is 40.0. The van der Waals surface area contributed by atoms with Gasteiger partial charge in [-0.15, -0.1) is 0 Å². The summed E-state index contributed by atoms with van der Waals surface area (Å²) < 4.78 is 0. The predicted molar refractivity (Wildman–Crippen MR) is 244 cm³/mol. The molecule has 4 nitrogen and oxygen atoms in total. The largest absolute Gasteiger partial charge is 0.394 e. The summed E-state index contributed by atoms with van der Waals surface area (Å²) in [6.07, 6.45) is 64.0. The molecular weight excluding hydrogens is 675 g/mol. The fourth-order valence-corrected chi connectivity index (χ4v) is 7.37. The van der Waals surface area contributed by atoms with Gasteiger partial charge in [-0.25, -0.2) is 0 Å². The van der Waals surface area contributed by atoms with Gasteiger partial charge in [0.15, 0.2) is 0 Å². The van der Waals surface area contributed by atoms with Crippen molar-refractivity contribution >= 4 is 5.91 Å². The van der Waals surface area contributed by atoms with Crippen LogP contribution in [0.5, 0.6) is 0 Å². The minimum absolute atomic E-state index is 0.0926. The molecule has 0 aromatic heterocycles. The van der Waals surface area contributed by atoms with Crippen LogP contribution in [0.4, 0.5) is 0 Å². The van der Waals surface area contributed by atoms with Crippen molar-refractivity contribution in [3.05, 3.63) is 48.6 Å². The van der Waals surface area contributed by atoms with E-state index in [1.807, 2.05) is 6.08 Å². The minimum atomic E-state index is -0.852. The van der Waals surface area contributed by atoms with E-state index in [9.17, 15) is 15.0 Å². The normalized spacial score (nSPS) is 13.3. The van der Waals surface area contributed by atoms with E-state index in [1.165, 1.54) is 173 Å². The van der Waals surface area contributed by atoms with Crippen LogP contribution in [0.15, 0.2) is 48.6 Å². The standard InChI is InChI=1S/C51H95NO3/c1-3-5-7-9-11-13-15-17-18-19-20-21-22-23-24-25-26-27-28-29-30-31-32-33-35-36-38-40-42-44-46-50(54)49(48-53)52-51(55)47-45-43-41-39-37-34-16-14-12-10-8-6-4-2/h6,8,12,14,34,37,44,46,49-50,53-54H,3-5,7,9-11,13,15-33,35-36,38-43,45,47-48H2,1-2H3,(H,52,55)/b8-6-,14-12-,37-34-,46-44+. The number of carbonyl (C=O) groups excluding carboxylic acids is 1. The average molecular weight is 770 g/mol. The van der Waals surface area contributed by atoms with Crippen LogP contribution in [0, 0.1) is 0 Å². The molecule has 2 atom stereocenters. The number of aliphatic hydroxyl groups excluding tert-OH is 2. The lowest BCUT2D eigenvalue weighted by Crippen LogP contribution is -2.45. The van der Waals surface area contributed by atoms with Crippen LogP contribution in [0.3, 0.4) is 0 Å². The highest BCUT2D eigenvalue weighted by atomic mass is 16.3. The first kappa shape index (κ1) is 53.4. The number of amides is 1. The zero-order valence-corrected chi connectivity index (χ0v) is 36.9. The first-order valence-corrected chi connectivity index (χ1v) is 24.4. The van der Waals surface area contributed by atoms with E-state index >= 15 is 0 Å². The van der Waals surface area contributed by atoms with E-state index in [0.717, 1.165) is 57.8 Å². The molecule has 0 aromatic carbocycles. The topological polar surface area (TPSA) is 69.6 Å². The number of hydrogen-bond donors (Lipinski definition) is 3. The van der Waals surface area contributed by atoms with Crippen LogP contribution in [-0.2, 0) is 4.79 Å². The van der Waals surface area contributed by atoms with Gasteiger partial charge in [-0.05, 0) is 51.4 Å². The molecular formula is C51H95NO3. The minimum Gasteiger partial charge on any atom is -0.394 e. The molecule has 3 N–H and O–H groups in total. The molecule has 0 fully saturated rings. The van der Waals surface area contributed by atoms with Crippen molar-refractivity contribution in [2.24, 2.45) is 0 Å². The van der Waals surface area contributed by atoms with Gasteiger partial charge in [0.25, 0.3) is 0 Å². The van der Waals surface area contributed by atoms with E-state index in [1.54, 1.807) is 6.08 Å². The van der Waals surface area contributed by atoms with Crippen LogP contribution in [-0.4, -0.2) is 34.9 Å². The summed E-state index contributed by atoms with van der Waals surface area (Å²) in [6.45, 7) is 4.19. The SMILES string of the molecule is CC/C=C\C/C=C\C/C=C\CCCCCC(=O)NC(CO)C(O)/C=C/CCCCCCCCCCCCCCCCCCCCCCCCCCCCCC. The predicted octanol–water partition coefficient (Wildman–Crippen LogP) is 15.5. The maximum absolute atomic E-state index is 12.3. The number of hydrogen-bond acceptors (Lipinski definition) is 3. The first-order valence-electron chi connectivity index (χ1n) is 24.4. The van der Waals surface area contributed by atoms with Crippen molar-refractivity contribution in [2.45, 2.75) is 264 Å². The van der Waals surface area contributed by atoms with Crippen molar-refractivity contribution < 1.29 is 15.0 Å². The first-order chi connectivity index (χ1) is 27.2. The summed E-state index contributed by atoms with van der Waals surface area (Å²) in [4.78, 5) is 12.3. The number of allylic oxidation sites excluding steroid dienone is 7. The van der Waals surface area contributed by atoms with Gasteiger partial charge >= 0.3 is 0 Å². The smallest absolute Gasteiger partial charge is 0.220 e. The Bertz CT molecular complexity index is 877. The van der Waals surface area contributed by atoms with E-state index in [-0.39, 0.29) is 12.5 Å². The lowest BCUT2D eigenvalue weighted by atomic mass is 10.0. The van der Waals surface area contributed by atoms with Gasteiger partial charge in [0.05, 0.1) is 18.8 Å². The maximum atomic E-state index is 12.3. The lowest BCUT2D eigenvalue weighted by molar-refractivity contribution is -0.123. The Morgan fingerprint density at radius 3 is 1.20 bits per heavy atom. The molecule has 0 rings (SSSR count). The second-order valence-electron chi connectivity index (χ2n) is 16.5. The van der Waals surface area contributed by atoms with Crippen molar-refractivity contribution in [3.8, 4) is 0 Å². The van der Waals surface area contributed by atoms with Gasteiger partial charge in [0, 0.05) is 6.42 Å². The van der Waals surface area contributed by atoms with E-state index < -0.39 is 12.1 Å². The summed E-state index contributed by atoms with van der Waals surface area (Å²) in [5.74, 6) is -0.0926. The van der Waals surface area contributed by atoms with Crippen molar-refractivity contribution in [1.29, 1.82) is 0 Å². The fraction of sp³-hybridized carbons (Fsp3) is 0.824. The molecule has 0 bridgehead atoms. The molecule has 0 saturated heterocycles. The van der Waals surface area contributed by atoms with Gasteiger partial charge in [0.1, 0.15) is 0 Å². The Hall–Kier alpha value is -1.65. The highest BCUT2D eigenvalue weighted by molar-refractivity contribution is 5.76. The molecule has 0 spiro atoms. The summed E-state index contributed by atoms with van der Waals surface area (Å²) in [5.41, 5.74) is 0. The molecule has 55 heavy (non-hydrogen) atoms. The molecule has 0 aliphatic heterocycles. The highest BCUT2D eigenvalue weighted by Gasteiger charge is 2.17. The highest BCUT2D eigenvalue weighted by Crippen LogP contribution is 2.17.